The van der Waals surface area contributed by atoms with Gasteiger partial charge in [-0.05, 0) is 18.2 Å². The van der Waals surface area contributed by atoms with Crippen molar-refractivity contribution in [3.05, 3.63) is 40.3 Å². The number of aromatic nitrogens is 1. The molecule has 4 nitrogen and oxygen atoms in total. The molecule has 2 N–H and O–H groups in total. The van der Waals surface area contributed by atoms with Gasteiger partial charge in [0.05, 0.1) is 0 Å². The van der Waals surface area contributed by atoms with Crippen molar-refractivity contribution in [1.82, 2.24) is 4.98 Å². The van der Waals surface area contributed by atoms with E-state index in [-0.39, 0.29) is 5.56 Å². The van der Waals surface area contributed by atoms with Crippen molar-refractivity contribution in [3.63, 3.8) is 0 Å². The van der Waals surface area contributed by atoms with Crippen LogP contribution in [0.25, 0.3) is 6.08 Å². The Bertz CT molecular complexity index is 365. The number of carboxylic acid groups (broad SMARTS) is 1. The Morgan fingerprint density at radius 3 is 2.92 bits per heavy atom. The number of hydrogen-bond acceptors (Lipinski definition) is 2. The summed E-state index contributed by atoms with van der Waals surface area (Å²) in [6, 6.07) is 3.17. The third kappa shape index (κ3) is 2.09. The molecule has 0 aromatic carbocycles. The first-order chi connectivity index (χ1) is 5.70. The molecule has 0 spiro atoms. The Labute approximate surface area is 68.2 Å². The fourth-order valence-corrected chi connectivity index (χ4v) is 0.727. The van der Waals surface area contributed by atoms with Gasteiger partial charge in [0.15, 0.2) is 0 Å². The van der Waals surface area contributed by atoms with Crippen LogP contribution in [0, 0.1) is 0 Å². The summed E-state index contributed by atoms with van der Waals surface area (Å²) in [6.45, 7) is 0. The van der Waals surface area contributed by atoms with Gasteiger partial charge in [-0.1, -0.05) is 0 Å². The second kappa shape index (κ2) is 3.52. The highest BCUT2D eigenvalue weighted by atomic mass is 16.4. The van der Waals surface area contributed by atoms with Crippen LogP contribution < -0.4 is 5.56 Å². The Morgan fingerprint density at radius 1 is 1.58 bits per heavy atom. The predicted octanol–water partition coefficient (Wildman–Crippen LogP) is 0.473. The molecule has 0 aliphatic carbocycles. The first-order valence-electron chi connectivity index (χ1n) is 3.29. The average molecular weight is 165 g/mol. The minimum absolute atomic E-state index is 0.296. The molecular weight excluding hydrogens is 158 g/mol. The zero-order valence-corrected chi connectivity index (χ0v) is 6.15. The average Bonchev–Trinajstić information content (AvgIpc) is 2.03. The topological polar surface area (TPSA) is 70.2 Å². The normalized spacial score (nSPS) is 10.3. The molecule has 0 unspecified atom stereocenters. The van der Waals surface area contributed by atoms with Crippen molar-refractivity contribution in [1.29, 1.82) is 0 Å². The van der Waals surface area contributed by atoms with Crippen LogP contribution in [0.2, 0.25) is 0 Å². The number of hydrogen-bond donors (Lipinski definition) is 2. The number of rotatable bonds is 2. The number of carboxylic acids is 1. The van der Waals surface area contributed by atoms with Crippen molar-refractivity contribution in [2.45, 2.75) is 0 Å². The summed E-state index contributed by atoms with van der Waals surface area (Å²) in [7, 11) is 0. The Hall–Kier alpha value is -1.84. The van der Waals surface area contributed by atoms with Crippen LogP contribution in [-0.2, 0) is 4.79 Å². The monoisotopic (exact) mass is 165 g/mol. The highest BCUT2D eigenvalue weighted by Gasteiger charge is 1.92. The van der Waals surface area contributed by atoms with E-state index in [1.54, 1.807) is 6.07 Å². The number of carbonyl (C=O) groups is 1. The van der Waals surface area contributed by atoms with Gasteiger partial charge in [0.2, 0.25) is 0 Å². The minimum Gasteiger partial charge on any atom is -0.478 e. The van der Waals surface area contributed by atoms with Gasteiger partial charge in [-0.15, -0.1) is 0 Å². The molecule has 0 aliphatic rings. The van der Waals surface area contributed by atoms with Gasteiger partial charge in [-0.25, -0.2) is 4.79 Å². The summed E-state index contributed by atoms with van der Waals surface area (Å²) in [4.78, 5) is 23.4. The van der Waals surface area contributed by atoms with Gasteiger partial charge in [0, 0.05) is 17.8 Å². The Morgan fingerprint density at radius 2 is 2.33 bits per heavy atom. The molecular formula is C8H7NO3. The largest absolute Gasteiger partial charge is 0.478 e. The number of aliphatic carboxylic acids is 1. The summed E-state index contributed by atoms with van der Waals surface area (Å²) < 4.78 is 0. The molecule has 0 radical (unpaired) electrons. The summed E-state index contributed by atoms with van der Waals surface area (Å²) >= 11 is 0. The summed E-state index contributed by atoms with van der Waals surface area (Å²) in [6.07, 6.45) is 3.66. The molecule has 0 atom stereocenters. The third-order valence-corrected chi connectivity index (χ3v) is 1.25. The molecule has 0 saturated carbocycles. The molecule has 1 aromatic heterocycles. The maximum absolute atomic E-state index is 10.9. The van der Waals surface area contributed by atoms with Gasteiger partial charge in [-0.3, -0.25) is 4.79 Å². The van der Waals surface area contributed by atoms with E-state index in [1.165, 1.54) is 18.3 Å². The van der Waals surface area contributed by atoms with Gasteiger partial charge in [-0.2, -0.15) is 0 Å². The van der Waals surface area contributed by atoms with Gasteiger partial charge >= 0.3 is 5.97 Å². The lowest BCUT2D eigenvalue weighted by Crippen LogP contribution is -2.07. The van der Waals surface area contributed by atoms with Crippen molar-refractivity contribution < 1.29 is 9.90 Å². The molecule has 0 bridgehead atoms. The third-order valence-electron chi connectivity index (χ3n) is 1.25. The summed E-state index contributed by atoms with van der Waals surface area (Å²) in [5.74, 6) is -1.07. The molecule has 1 rings (SSSR count). The number of nitrogens with one attached hydrogen (secondary N) is 1. The molecule has 62 valence electrons. The predicted molar refractivity (Wildman–Crippen MR) is 43.7 cm³/mol. The molecule has 1 heterocycles. The standard InChI is InChI=1S/C8H7NO3/c10-7(11)4-3-6-2-1-5-9-8(6)12/h1-5H,(H,9,12)(H,10,11)/b4-3+. The quantitative estimate of drug-likeness (QED) is 0.626. The van der Waals surface area contributed by atoms with Crippen molar-refractivity contribution in [2.24, 2.45) is 0 Å². The van der Waals surface area contributed by atoms with Crippen molar-refractivity contribution in [2.75, 3.05) is 0 Å². The maximum Gasteiger partial charge on any atom is 0.328 e. The lowest BCUT2D eigenvalue weighted by Gasteiger charge is -1.87. The molecule has 1 aromatic rings. The van der Waals surface area contributed by atoms with Gasteiger partial charge in [0.25, 0.3) is 5.56 Å². The highest BCUT2D eigenvalue weighted by molar-refractivity contribution is 5.85. The van der Waals surface area contributed by atoms with E-state index in [2.05, 4.69) is 4.98 Å². The van der Waals surface area contributed by atoms with E-state index in [9.17, 15) is 9.59 Å². The fourth-order valence-electron chi connectivity index (χ4n) is 0.727. The van der Waals surface area contributed by atoms with Crippen molar-refractivity contribution in [3.8, 4) is 0 Å². The molecule has 4 heteroatoms. The van der Waals surface area contributed by atoms with E-state index in [4.69, 9.17) is 5.11 Å². The highest BCUT2D eigenvalue weighted by Crippen LogP contribution is 1.91. The Balaban J connectivity index is 2.97. The van der Waals surface area contributed by atoms with E-state index in [0.717, 1.165) is 6.08 Å². The maximum atomic E-state index is 10.9. The second-order valence-corrected chi connectivity index (χ2v) is 2.13. The smallest absolute Gasteiger partial charge is 0.328 e. The Kier molecular flexibility index (Phi) is 2.42. The molecule has 0 amide bonds. The van der Waals surface area contributed by atoms with Crippen LogP contribution in [0.1, 0.15) is 5.56 Å². The van der Waals surface area contributed by atoms with Crippen molar-refractivity contribution >= 4 is 12.0 Å². The van der Waals surface area contributed by atoms with E-state index < -0.39 is 5.97 Å². The van der Waals surface area contributed by atoms with Crippen LogP contribution in [0.5, 0.6) is 0 Å². The first kappa shape index (κ1) is 8.26. The van der Waals surface area contributed by atoms with Crippen LogP contribution in [0.15, 0.2) is 29.2 Å². The zero-order chi connectivity index (χ0) is 8.97. The fraction of sp³-hybridized carbons (Fsp3) is 0. The summed E-state index contributed by atoms with van der Waals surface area (Å²) in [5.41, 5.74) is 0.0369. The minimum atomic E-state index is -1.07. The van der Waals surface area contributed by atoms with E-state index in [1.807, 2.05) is 0 Å². The molecule has 0 saturated heterocycles. The zero-order valence-electron chi connectivity index (χ0n) is 6.15. The van der Waals surface area contributed by atoms with E-state index in [0.29, 0.717) is 5.56 Å². The van der Waals surface area contributed by atoms with Crippen LogP contribution in [-0.4, -0.2) is 16.1 Å². The SMILES string of the molecule is O=C(O)/C=C/c1ccc[nH]c1=O. The number of pyridine rings is 1. The van der Waals surface area contributed by atoms with Gasteiger partial charge in [0.1, 0.15) is 0 Å². The number of aromatic amines is 1. The van der Waals surface area contributed by atoms with E-state index >= 15 is 0 Å². The number of H-pyrrole nitrogens is 1. The lowest BCUT2D eigenvalue weighted by molar-refractivity contribution is -0.131. The lowest BCUT2D eigenvalue weighted by atomic mass is 10.2. The van der Waals surface area contributed by atoms with Gasteiger partial charge < -0.3 is 10.1 Å². The molecule has 12 heavy (non-hydrogen) atoms. The molecule has 0 aliphatic heterocycles. The van der Waals surface area contributed by atoms with Crippen LogP contribution in [0.4, 0.5) is 0 Å². The summed E-state index contributed by atoms with van der Waals surface area (Å²) in [5, 5.41) is 8.27. The molecule has 0 fully saturated rings. The first-order valence-corrected chi connectivity index (χ1v) is 3.29. The van der Waals surface area contributed by atoms with Crippen LogP contribution in [0.3, 0.4) is 0 Å². The second-order valence-electron chi connectivity index (χ2n) is 2.13. The van der Waals surface area contributed by atoms with Crippen LogP contribution >= 0.6 is 0 Å².